The molecule has 21 heavy (non-hydrogen) atoms. The maximum Gasteiger partial charge on any atom is 0.187 e. The third-order valence-electron chi connectivity index (χ3n) is 2.86. The molecule has 0 aliphatic carbocycles. The lowest BCUT2D eigenvalue weighted by Gasteiger charge is -2.07. The summed E-state index contributed by atoms with van der Waals surface area (Å²) in [5.74, 6) is 0.181. The minimum atomic E-state index is 0.181. The molecular formula is C16H17N3OS. The Bertz CT molecular complexity index is 710. The Morgan fingerprint density at radius 3 is 2.86 bits per heavy atom. The monoisotopic (exact) mass is 299 g/mol. The molecule has 0 fully saturated rings. The molecule has 0 atom stereocenters. The van der Waals surface area contributed by atoms with Gasteiger partial charge in [0.05, 0.1) is 6.21 Å². The highest BCUT2D eigenvalue weighted by Gasteiger charge is 2.04. The van der Waals surface area contributed by atoms with Crippen molar-refractivity contribution in [2.45, 2.75) is 6.92 Å². The van der Waals surface area contributed by atoms with Gasteiger partial charge in [-0.3, -0.25) is 5.43 Å². The lowest BCUT2D eigenvalue weighted by Crippen LogP contribution is -2.32. The molecule has 3 N–H and O–H groups in total. The molecule has 4 nitrogen and oxygen atoms in total. The largest absolute Gasteiger partial charge is 0.507 e. The molecule has 0 saturated heterocycles. The number of benzene rings is 2. The van der Waals surface area contributed by atoms with Crippen LogP contribution < -0.4 is 10.7 Å². The minimum absolute atomic E-state index is 0.181. The van der Waals surface area contributed by atoms with Gasteiger partial charge in [-0.1, -0.05) is 42.5 Å². The van der Waals surface area contributed by atoms with Crippen molar-refractivity contribution in [2.75, 3.05) is 6.54 Å². The Morgan fingerprint density at radius 2 is 2.10 bits per heavy atom. The van der Waals surface area contributed by atoms with Crippen LogP contribution in [0.2, 0.25) is 0 Å². The van der Waals surface area contributed by atoms with E-state index in [0.29, 0.717) is 17.2 Å². The number of nitrogens with one attached hydrogen (secondary N) is 2. The third-order valence-corrected chi connectivity index (χ3v) is 3.09. The number of fused-ring (bicyclic) bond motifs is 1. The van der Waals surface area contributed by atoms with Gasteiger partial charge in [-0.05, 0) is 36.0 Å². The van der Waals surface area contributed by atoms with Crippen molar-refractivity contribution in [3.8, 4) is 5.75 Å². The van der Waals surface area contributed by atoms with E-state index in [1.807, 2.05) is 37.3 Å². The van der Waals surface area contributed by atoms with Gasteiger partial charge in [0.25, 0.3) is 0 Å². The molecule has 0 aliphatic heterocycles. The fourth-order valence-electron chi connectivity index (χ4n) is 1.85. The van der Waals surface area contributed by atoms with Crippen LogP contribution in [0.4, 0.5) is 0 Å². The van der Waals surface area contributed by atoms with Crippen molar-refractivity contribution in [2.24, 2.45) is 5.10 Å². The Labute approximate surface area is 129 Å². The Balaban J connectivity index is 2.12. The molecule has 0 radical (unpaired) electrons. The van der Waals surface area contributed by atoms with E-state index < -0.39 is 0 Å². The van der Waals surface area contributed by atoms with Crippen molar-refractivity contribution < 1.29 is 5.11 Å². The summed E-state index contributed by atoms with van der Waals surface area (Å²) in [6.45, 7) is 6.29. The summed E-state index contributed by atoms with van der Waals surface area (Å²) in [6.07, 6.45) is 1.56. The van der Waals surface area contributed by atoms with E-state index in [9.17, 15) is 5.11 Å². The first kappa shape index (κ1) is 15.0. The zero-order valence-electron chi connectivity index (χ0n) is 11.8. The van der Waals surface area contributed by atoms with Crippen LogP contribution in [0.3, 0.4) is 0 Å². The van der Waals surface area contributed by atoms with E-state index >= 15 is 0 Å². The van der Waals surface area contributed by atoms with Gasteiger partial charge < -0.3 is 10.4 Å². The molecule has 0 saturated carbocycles. The predicted molar refractivity (Wildman–Crippen MR) is 91.8 cm³/mol. The molecule has 5 heteroatoms. The number of hydrazone groups is 1. The Hall–Kier alpha value is -2.40. The zero-order chi connectivity index (χ0) is 15.2. The van der Waals surface area contributed by atoms with Gasteiger partial charge in [-0.15, -0.1) is 0 Å². The quantitative estimate of drug-likeness (QED) is 0.352. The SMILES string of the molecule is C=C(C)CNC(=S)N/N=C\c1c(O)ccc2ccccc12. The molecule has 0 heterocycles. The lowest BCUT2D eigenvalue weighted by molar-refractivity contribution is 0.475. The topological polar surface area (TPSA) is 56.7 Å². The highest BCUT2D eigenvalue weighted by molar-refractivity contribution is 7.80. The normalized spacial score (nSPS) is 10.7. The van der Waals surface area contributed by atoms with Gasteiger partial charge in [-0.25, -0.2) is 0 Å². The van der Waals surface area contributed by atoms with Crippen LogP contribution in [0.25, 0.3) is 10.8 Å². The van der Waals surface area contributed by atoms with E-state index in [1.54, 1.807) is 12.3 Å². The molecule has 0 amide bonds. The van der Waals surface area contributed by atoms with E-state index in [1.165, 1.54) is 0 Å². The number of rotatable bonds is 4. The molecule has 108 valence electrons. The molecule has 0 aromatic heterocycles. The summed E-state index contributed by atoms with van der Waals surface area (Å²) in [5, 5.41) is 19.4. The molecule has 0 bridgehead atoms. The van der Waals surface area contributed by atoms with E-state index in [0.717, 1.165) is 16.3 Å². The van der Waals surface area contributed by atoms with Gasteiger partial charge in [0.15, 0.2) is 5.11 Å². The second-order valence-electron chi connectivity index (χ2n) is 4.73. The molecule has 0 unspecified atom stereocenters. The summed E-state index contributed by atoms with van der Waals surface area (Å²) in [7, 11) is 0. The molecule has 0 spiro atoms. The summed E-state index contributed by atoms with van der Waals surface area (Å²) in [6, 6.07) is 11.3. The van der Waals surface area contributed by atoms with Crippen LogP contribution in [-0.2, 0) is 0 Å². The number of hydrogen-bond donors (Lipinski definition) is 3. The van der Waals surface area contributed by atoms with Crippen LogP contribution in [0.1, 0.15) is 12.5 Å². The van der Waals surface area contributed by atoms with Crippen LogP contribution in [0.15, 0.2) is 53.7 Å². The predicted octanol–water partition coefficient (Wildman–Crippen LogP) is 2.92. The van der Waals surface area contributed by atoms with Gasteiger partial charge in [-0.2, -0.15) is 5.10 Å². The smallest absolute Gasteiger partial charge is 0.187 e. The maximum atomic E-state index is 9.97. The van der Waals surface area contributed by atoms with Crippen molar-refractivity contribution in [3.05, 3.63) is 54.1 Å². The molecule has 0 aliphatic rings. The number of aromatic hydroxyl groups is 1. The van der Waals surface area contributed by atoms with Gasteiger partial charge >= 0.3 is 0 Å². The second kappa shape index (κ2) is 6.85. The minimum Gasteiger partial charge on any atom is -0.507 e. The average molecular weight is 299 g/mol. The highest BCUT2D eigenvalue weighted by atomic mass is 32.1. The third kappa shape index (κ3) is 4.03. The number of phenolic OH excluding ortho intramolecular Hbond substituents is 1. The van der Waals surface area contributed by atoms with E-state index in [2.05, 4.69) is 22.4 Å². The first-order valence-corrected chi connectivity index (χ1v) is 6.91. The standard InChI is InChI=1S/C16H17N3OS/c1-11(2)9-17-16(21)19-18-10-14-13-6-4-3-5-12(13)7-8-15(14)20/h3-8,10,20H,1,9H2,2H3,(H2,17,19,21)/b18-10-. The molecule has 2 aromatic rings. The van der Waals surface area contributed by atoms with Gasteiger partial charge in [0.2, 0.25) is 0 Å². The number of phenols is 1. The fraction of sp³-hybridized carbons (Fsp3) is 0.125. The maximum absolute atomic E-state index is 9.97. The van der Waals surface area contributed by atoms with Crippen LogP contribution in [0.5, 0.6) is 5.75 Å². The first-order chi connectivity index (χ1) is 10.1. The summed E-state index contributed by atoms with van der Waals surface area (Å²) in [5.41, 5.74) is 4.35. The molecule has 2 aromatic carbocycles. The summed E-state index contributed by atoms with van der Waals surface area (Å²) in [4.78, 5) is 0. The molecule has 2 rings (SSSR count). The van der Waals surface area contributed by atoms with E-state index in [4.69, 9.17) is 12.2 Å². The van der Waals surface area contributed by atoms with Crippen molar-refractivity contribution in [3.63, 3.8) is 0 Å². The van der Waals surface area contributed by atoms with Crippen LogP contribution in [-0.4, -0.2) is 23.0 Å². The lowest BCUT2D eigenvalue weighted by atomic mass is 10.0. The highest BCUT2D eigenvalue weighted by Crippen LogP contribution is 2.25. The van der Waals surface area contributed by atoms with Gasteiger partial charge in [0, 0.05) is 12.1 Å². The average Bonchev–Trinajstić information content (AvgIpc) is 2.47. The van der Waals surface area contributed by atoms with Crippen molar-refractivity contribution in [1.82, 2.24) is 10.7 Å². The Kier molecular flexibility index (Phi) is 4.90. The van der Waals surface area contributed by atoms with Crippen molar-refractivity contribution >= 4 is 34.3 Å². The first-order valence-electron chi connectivity index (χ1n) is 6.50. The van der Waals surface area contributed by atoms with Crippen molar-refractivity contribution in [1.29, 1.82) is 0 Å². The summed E-state index contributed by atoms with van der Waals surface area (Å²) >= 11 is 5.08. The van der Waals surface area contributed by atoms with E-state index in [-0.39, 0.29) is 5.75 Å². The number of thiocarbonyl (C=S) groups is 1. The molecular weight excluding hydrogens is 282 g/mol. The number of nitrogens with zero attached hydrogens (tertiary/aromatic N) is 1. The summed E-state index contributed by atoms with van der Waals surface area (Å²) < 4.78 is 0. The Morgan fingerprint density at radius 1 is 1.33 bits per heavy atom. The van der Waals surface area contributed by atoms with Gasteiger partial charge in [0.1, 0.15) is 5.75 Å². The number of hydrogen-bond acceptors (Lipinski definition) is 3. The fourth-order valence-corrected chi connectivity index (χ4v) is 1.97. The second-order valence-corrected chi connectivity index (χ2v) is 5.14. The van der Waals surface area contributed by atoms with Crippen LogP contribution in [0, 0.1) is 0 Å². The zero-order valence-corrected chi connectivity index (χ0v) is 12.6. The van der Waals surface area contributed by atoms with Crippen LogP contribution >= 0.6 is 12.2 Å².